The van der Waals surface area contributed by atoms with Gasteiger partial charge in [-0.05, 0) is 40.5 Å². The lowest BCUT2D eigenvalue weighted by atomic mass is 9.96. The number of methoxy groups -OCH3 is 1. The van der Waals surface area contributed by atoms with E-state index < -0.39 is 11.5 Å². The first-order valence-electron chi connectivity index (χ1n) is 7.90. The highest BCUT2D eigenvalue weighted by Crippen LogP contribution is 2.41. The van der Waals surface area contributed by atoms with Crippen LogP contribution >= 0.6 is 15.9 Å². The molecule has 0 saturated heterocycles. The number of ether oxygens (including phenoxy) is 3. The number of H-pyrrole nitrogens is 1. The smallest absolute Gasteiger partial charge is 0.344 e. The number of halogens is 1. The number of carbonyl (C=O) groups is 1. The summed E-state index contributed by atoms with van der Waals surface area (Å²) in [6, 6.07) is 6.69. The number of esters is 1. The van der Waals surface area contributed by atoms with Crippen molar-refractivity contribution in [2.24, 2.45) is 0 Å². The maximum Gasteiger partial charge on any atom is 0.344 e. The monoisotopic (exact) mass is 446 g/mol. The average molecular weight is 447 g/mol. The number of nitrogens with one attached hydrogen (secondary N) is 1. The summed E-state index contributed by atoms with van der Waals surface area (Å²) in [4.78, 5) is 25.9. The standard InChI is InChI=1S/C18H15BrN4O5/c1-3-27-14(24)8-28-16-12(19)4-9(5-13(16)26-2)15-10(6-20)17(22)23-18(25)11(15)7-21/h4-5H,3,8H2,1-2H3,(H3,22,23,25). The zero-order valence-corrected chi connectivity index (χ0v) is 16.5. The zero-order valence-electron chi connectivity index (χ0n) is 15.0. The van der Waals surface area contributed by atoms with Gasteiger partial charge in [-0.3, -0.25) is 4.79 Å². The maximum atomic E-state index is 12.1. The largest absolute Gasteiger partial charge is 0.493 e. The quantitative estimate of drug-likeness (QED) is 0.639. The van der Waals surface area contributed by atoms with E-state index in [-0.39, 0.29) is 47.2 Å². The van der Waals surface area contributed by atoms with Gasteiger partial charge in [-0.15, -0.1) is 0 Å². The Balaban J connectivity index is 2.63. The Morgan fingerprint density at radius 2 is 1.96 bits per heavy atom. The Morgan fingerprint density at radius 1 is 1.29 bits per heavy atom. The molecular weight excluding hydrogens is 432 g/mol. The molecule has 10 heteroatoms. The summed E-state index contributed by atoms with van der Waals surface area (Å²) < 4.78 is 15.9. The summed E-state index contributed by atoms with van der Waals surface area (Å²) in [7, 11) is 1.38. The van der Waals surface area contributed by atoms with Crippen LogP contribution in [0.3, 0.4) is 0 Å². The van der Waals surface area contributed by atoms with Crippen molar-refractivity contribution in [3.63, 3.8) is 0 Å². The predicted octanol–water partition coefficient (Wildman–Crippen LogP) is 2.08. The molecule has 0 saturated carbocycles. The third-order valence-corrected chi connectivity index (χ3v) is 4.22. The normalized spacial score (nSPS) is 9.89. The molecule has 1 aromatic heterocycles. The Hall–Kier alpha value is -3.50. The fourth-order valence-corrected chi connectivity index (χ4v) is 3.03. The van der Waals surface area contributed by atoms with Crippen molar-refractivity contribution < 1.29 is 19.0 Å². The Morgan fingerprint density at radius 3 is 2.54 bits per heavy atom. The number of aromatic amines is 1. The van der Waals surface area contributed by atoms with E-state index in [0.717, 1.165) is 0 Å². The number of carbonyl (C=O) groups excluding carboxylic acids is 1. The van der Waals surface area contributed by atoms with Crippen molar-refractivity contribution in [2.45, 2.75) is 6.92 Å². The van der Waals surface area contributed by atoms with E-state index >= 15 is 0 Å². The number of nitriles is 2. The van der Waals surface area contributed by atoms with Gasteiger partial charge in [0.15, 0.2) is 18.1 Å². The Labute approximate surface area is 168 Å². The Kier molecular flexibility index (Phi) is 6.64. The number of nitrogen functional groups attached to an aromatic ring is 1. The predicted molar refractivity (Wildman–Crippen MR) is 103 cm³/mol. The fraction of sp³-hybridized carbons (Fsp3) is 0.222. The second-order valence-corrected chi connectivity index (χ2v) is 6.15. The molecule has 0 unspecified atom stereocenters. The van der Waals surface area contributed by atoms with Gasteiger partial charge < -0.3 is 24.9 Å². The van der Waals surface area contributed by atoms with Gasteiger partial charge in [-0.2, -0.15) is 10.5 Å². The molecule has 2 rings (SSSR count). The highest BCUT2D eigenvalue weighted by Gasteiger charge is 2.21. The van der Waals surface area contributed by atoms with E-state index in [1.165, 1.54) is 19.2 Å². The van der Waals surface area contributed by atoms with Gasteiger partial charge in [0.1, 0.15) is 29.1 Å². The van der Waals surface area contributed by atoms with Crippen molar-refractivity contribution in [3.05, 3.63) is 38.1 Å². The minimum Gasteiger partial charge on any atom is -0.493 e. The summed E-state index contributed by atoms with van der Waals surface area (Å²) in [5.41, 5.74) is 5.11. The number of nitrogens with two attached hydrogens (primary N) is 1. The first kappa shape index (κ1) is 20.8. The molecule has 0 fully saturated rings. The number of hydrogen-bond acceptors (Lipinski definition) is 8. The molecule has 0 radical (unpaired) electrons. The zero-order chi connectivity index (χ0) is 20.8. The van der Waals surface area contributed by atoms with Gasteiger partial charge >= 0.3 is 5.97 Å². The second kappa shape index (κ2) is 8.93. The highest BCUT2D eigenvalue weighted by molar-refractivity contribution is 9.10. The molecule has 0 spiro atoms. The second-order valence-electron chi connectivity index (χ2n) is 5.30. The molecular formula is C18H15BrN4O5. The van der Waals surface area contributed by atoms with Crippen LogP contribution in [0.25, 0.3) is 11.1 Å². The lowest BCUT2D eigenvalue weighted by molar-refractivity contribution is -0.145. The molecule has 1 aromatic carbocycles. The lowest BCUT2D eigenvalue weighted by Crippen LogP contribution is -2.16. The lowest BCUT2D eigenvalue weighted by Gasteiger charge is -2.15. The minimum atomic E-state index is -0.716. The van der Waals surface area contributed by atoms with Crippen LogP contribution in [0.5, 0.6) is 11.5 Å². The number of benzene rings is 1. The van der Waals surface area contributed by atoms with E-state index in [0.29, 0.717) is 10.0 Å². The van der Waals surface area contributed by atoms with Gasteiger partial charge in [-0.25, -0.2) is 4.79 Å². The molecule has 0 bridgehead atoms. The Bertz CT molecular complexity index is 1070. The molecule has 144 valence electrons. The third kappa shape index (κ3) is 4.08. The van der Waals surface area contributed by atoms with Crippen molar-refractivity contribution in [2.75, 3.05) is 26.1 Å². The molecule has 1 heterocycles. The summed E-state index contributed by atoms with van der Waals surface area (Å²) >= 11 is 3.32. The number of pyridine rings is 1. The highest BCUT2D eigenvalue weighted by atomic mass is 79.9. The summed E-state index contributed by atoms with van der Waals surface area (Å²) in [5, 5.41) is 18.8. The molecule has 0 amide bonds. The number of nitrogens with zero attached hydrogens (tertiary/aromatic N) is 2. The number of rotatable bonds is 6. The summed E-state index contributed by atoms with van der Waals surface area (Å²) in [6.07, 6.45) is 0. The molecule has 0 aliphatic rings. The van der Waals surface area contributed by atoms with Crippen LogP contribution in [0.4, 0.5) is 5.82 Å². The summed E-state index contributed by atoms with van der Waals surface area (Å²) in [5.74, 6) is -0.282. The van der Waals surface area contributed by atoms with Gasteiger partial charge in [0.2, 0.25) is 0 Å². The van der Waals surface area contributed by atoms with Crippen LogP contribution < -0.4 is 20.8 Å². The van der Waals surface area contributed by atoms with E-state index in [2.05, 4.69) is 20.9 Å². The minimum absolute atomic E-state index is 0.0507. The van der Waals surface area contributed by atoms with Crippen LogP contribution in [0.2, 0.25) is 0 Å². The molecule has 0 aliphatic carbocycles. The topological polar surface area (TPSA) is 151 Å². The molecule has 3 N–H and O–H groups in total. The van der Waals surface area contributed by atoms with Crippen molar-refractivity contribution >= 4 is 27.7 Å². The SMILES string of the molecule is CCOC(=O)COc1c(Br)cc(-c2c(C#N)c(N)[nH]c(=O)c2C#N)cc1OC. The third-order valence-electron chi connectivity index (χ3n) is 3.63. The van der Waals surface area contributed by atoms with Crippen molar-refractivity contribution in [1.29, 1.82) is 10.5 Å². The van der Waals surface area contributed by atoms with Gasteiger partial charge in [0, 0.05) is 5.56 Å². The first-order chi connectivity index (χ1) is 13.4. The number of anilines is 1. The van der Waals surface area contributed by atoms with Gasteiger partial charge in [0.05, 0.1) is 18.2 Å². The van der Waals surface area contributed by atoms with Crippen LogP contribution in [-0.2, 0) is 9.53 Å². The summed E-state index contributed by atoms with van der Waals surface area (Å²) in [6.45, 7) is 1.56. The number of hydrogen-bond donors (Lipinski definition) is 2. The van der Waals surface area contributed by atoms with Gasteiger partial charge in [-0.1, -0.05) is 0 Å². The maximum absolute atomic E-state index is 12.1. The molecule has 28 heavy (non-hydrogen) atoms. The van der Waals surface area contributed by atoms with E-state index in [1.807, 2.05) is 6.07 Å². The fourth-order valence-electron chi connectivity index (χ4n) is 2.47. The van der Waals surface area contributed by atoms with Crippen LogP contribution in [-0.4, -0.2) is 31.3 Å². The van der Waals surface area contributed by atoms with Crippen LogP contribution in [0, 0.1) is 22.7 Å². The van der Waals surface area contributed by atoms with Crippen molar-refractivity contribution in [1.82, 2.24) is 4.98 Å². The van der Waals surface area contributed by atoms with E-state index in [4.69, 9.17) is 19.9 Å². The van der Waals surface area contributed by atoms with Crippen molar-refractivity contribution in [3.8, 4) is 34.8 Å². The average Bonchev–Trinajstić information content (AvgIpc) is 2.66. The van der Waals surface area contributed by atoms with Gasteiger partial charge in [0.25, 0.3) is 5.56 Å². The number of aromatic nitrogens is 1. The molecule has 0 aliphatic heterocycles. The molecule has 2 aromatic rings. The van der Waals surface area contributed by atoms with E-state index in [1.54, 1.807) is 13.0 Å². The molecule has 0 atom stereocenters. The van der Waals surface area contributed by atoms with Crippen LogP contribution in [0.15, 0.2) is 21.4 Å². The van der Waals surface area contributed by atoms with E-state index in [9.17, 15) is 20.1 Å². The van der Waals surface area contributed by atoms with Crippen LogP contribution in [0.1, 0.15) is 18.1 Å². The molecule has 9 nitrogen and oxygen atoms in total. The first-order valence-corrected chi connectivity index (χ1v) is 8.69.